The van der Waals surface area contributed by atoms with E-state index in [-0.39, 0.29) is 60.4 Å². The van der Waals surface area contributed by atoms with Gasteiger partial charge in [-0.2, -0.15) is 12.9 Å². The van der Waals surface area contributed by atoms with Crippen LogP contribution < -0.4 is 0 Å². The van der Waals surface area contributed by atoms with Crippen molar-refractivity contribution < 1.29 is 25.3 Å². The summed E-state index contributed by atoms with van der Waals surface area (Å²) >= 11 is 0. The molecule has 0 fully saturated rings. The van der Waals surface area contributed by atoms with Crippen LogP contribution in [-0.4, -0.2) is 77.4 Å². The quantitative estimate of drug-likeness (QED) is 0.385. The number of benzene rings is 3. The van der Waals surface area contributed by atoms with E-state index in [2.05, 4.69) is 35.5 Å². The highest BCUT2D eigenvalue weighted by Gasteiger charge is 2.26. The monoisotopic (exact) mass is 635 g/mol. The van der Waals surface area contributed by atoms with E-state index < -0.39 is 30.1 Å². The summed E-state index contributed by atoms with van der Waals surface area (Å²) in [5, 5.41) is 0. The van der Waals surface area contributed by atoms with Crippen LogP contribution in [0.1, 0.15) is 6.42 Å². The van der Waals surface area contributed by atoms with Crippen molar-refractivity contribution in [2.45, 2.75) is 21.1 Å². The number of nitrogens with zero attached hydrogens (tertiary/aromatic N) is 3. The summed E-state index contributed by atoms with van der Waals surface area (Å²) in [6, 6.07) is 23.5. The molecule has 0 amide bonds. The maximum absolute atomic E-state index is 13.4. The Kier molecular flexibility index (Phi) is 10.8. The number of hydrogen-bond donors (Lipinski definition) is 0. The molecule has 4 rings (SSSR count). The Balaban J connectivity index is 1.70. The minimum absolute atomic E-state index is 0.00379. The van der Waals surface area contributed by atoms with Gasteiger partial charge in [0.05, 0.1) is 47.4 Å². The van der Waals surface area contributed by atoms with Gasteiger partial charge >= 0.3 is 0 Å². The van der Waals surface area contributed by atoms with Crippen LogP contribution in [0.5, 0.6) is 0 Å². The van der Waals surface area contributed by atoms with Gasteiger partial charge in [0.2, 0.25) is 30.1 Å². The van der Waals surface area contributed by atoms with Gasteiger partial charge in [-0.1, -0.05) is 84.2 Å². The van der Waals surface area contributed by atoms with Gasteiger partial charge in [0.15, 0.2) is 0 Å². The van der Waals surface area contributed by atoms with Crippen molar-refractivity contribution >= 4 is 30.1 Å². The first-order valence-corrected chi connectivity index (χ1v) is 17.5. The van der Waals surface area contributed by atoms with Crippen molar-refractivity contribution in [3.8, 4) is 35.5 Å². The lowest BCUT2D eigenvalue weighted by Gasteiger charge is -2.20. The molecule has 3 aromatic carbocycles. The fourth-order valence-corrected chi connectivity index (χ4v) is 7.85. The van der Waals surface area contributed by atoms with E-state index in [9.17, 15) is 25.3 Å². The molecule has 12 heteroatoms. The molecule has 0 spiro atoms. The Hall–Kier alpha value is -3.93. The second kappa shape index (κ2) is 14.5. The first-order chi connectivity index (χ1) is 20.6. The minimum atomic E-state index is -4.01. The van der Waals surface area contributed by atoms with Gasteiger partial charge < -0.3 is 0 Å². The Morgan fingerprint density at radius 2 is 0.674 bits per heavy atom. The molecule has 0 aromatic heterocycles. The number of sulfonamides is 3. The van der Waals surface area contributed by atoms with Crippen LogP contribution in [0.3, 0.4) is 0 Å². The third-order valence-corrected chi connectivity index (χ3v) is 11.8. The Morgan fingerprint density at radius 3 is 1.02 bits per heavy atom. The Morgan fingerprint density at radius 1 is 0.395 bits per heavy atom. The van der Waals surface area contributed by atoms with E-state index in [0.717, 1.165) is 8.61 Å². The predicted molar refractivity (Wildman–Crippen MR) is 164 cm³/mol. The fourth-order valence-electron chi connectivity index (χ4n) is 3.95. The molecule has 0 N–H and O–H groups in total. The molecule has 222 valence electrons. The molecule has 0 aliphatic carbocycles. The number of hydrogen-bond acceptors (Lipinski definition) is 6. The predicted octanol–water partition coefficient (Wildman–Crippen LogP) is 2.47. The molecule has 0 bridgehead atoms. The Bertz CT molecular complexity index is 1920. The van der Waals surface area contributed by atoms with E-state index in [4.69, 9.17) is 0 Å². The van der Waals surface area contributed by atoms with Gasteiger partial charge in [-0.25, -0.2) is 25.3 Å². The lowest BCUT2D eigenvalue weighted by Crippen LogP contribution is -2.34. The molecular formula is C31H29N3O6S3. The molecule has 0 atom stereocenters. The van der Waals surface area contributed by atoms with Crippen LogP contribution in [0, 0.1) is 35.5 Å². The molecule has 0 radical (unpaired) electrons. The molecule has 0 saturated carbocycles. The van der Waals surface area contributed by atoms with Crippen LogP contribution in [0.2, 0.25) is 0 Å². The van der Waals surface area contributed by atoms with Gasteiger partial charge in [0.1, 0.15) is 0 Å². The summed E-state index contributed by atoms with van der Waals surface area (Å²) in [5.74, 6) is 16.8. The van der Waals surface area contributed by atoms with Crippen molar-refractivity contribution in [3.05, 3.63) is 91.0 Å². The summed E-state index contributed by atoms with van der Waals surface area (Å²) in [7, 11) is -11.9. The summed E-state index contributed by atoms with van der Waals surface area (Å²) in [5.41, 5.74) is 0. The molecule has 1 heterocycles. The first-order valence-electron chi connectivity index (χ1n) is 13.2. The van der Waals surface area contributed by atoms with Crippen molar-refractivity contribution in [2.75, 3.05) is 39.3 Å². The topological polar surface area (TPSA) is 112 Å². The van der Waals surface area contributed by atoms with Gasteiger partial charge in [-0.15, -0.1) is 5.92 Å². The van der Waals surface area contributed by atoms with Crippen LogP contribution in [0.4, 0.5) is 0 Å². The molecule has 1 aliphatic heterocycles. The largest absolute Gasteiger partial charge is 0.244 e. The van der Waals surface area contributed by atoms with E-state index >= 15 is 0 Å². The molecule has 9 nitrogen and oxygen atoms in total. The summed E-state index contributed by atoms with van der Waals surface area (Å²) in [4.78, 5) is 0.199. The summed E-state index contributed by atoms with van der Waals surface area (Å²) < 4.78 is 83.6. The maximum Gasteiger partial charge on any atom is 0.244 e. The molecule has 0 unspecified atom stereocenters. The normalized spacial score (nSPS) is 16.5. The molecule has 43 heavy (non-hydrogen) atoms. The van der Waals surface area contributed by atoms with Crippen LogP contribution >= 0.6 is 0 Å². The van der Waals surface area contributed by atoms with E-state index in [1.807, 2.05) is 0 Å². The SMILES string of the molecule is O=S(=O)(c1ccccc1)N1CC#CCCN(S(=O)(=O)c2ccccc2)CC#CCN(S(=O)(=O)c2ccccc2)CC#CC1. The molecule has 3 aromatic rings. The zero-order chi connectivity index (χ0) is 30.8. The van der Waals surface area contributed by atoms with Crippen LogP contribution in [-0.2, 0) is 30.1 Å². The maximum atomic E-state index is 13.4. The second-order valence-electron chi connectivity index (χ2n) is 9.13. The van der Waals surface area contributed by atoms with Gasteiger partial charge in [0.25, 0.3) is 0 Å². The molecular weight excluding hydrogens is 607 g/mol. The van der Waals surface area contributed by atoms with E-state index in [1.165, 1.54) is 40.7 Å². The third-order valence-electron chi connectivity index (χ3n) is 6.28. The smallest absolute Gasteiger partial charge is 0.207 e. The third kappa shape index (κ3) is 8.13. The lowest BCUT2D eigenvalue weighted by molar-refractivity contribution is 0.453. The highest BCUT2D eigenvalue weighted by molar-refractivity contribution is 7.89. The van der Waals surface area contributed by atoms with Gasteiger partial charge in [-0.05, 0) is 36.4 Å². The van der Waals surface area contributed by atoms with E-state index in [1.54, 1.807) is 54.6 Å². The van der Waals surface area contributed by atoms with Crippen molar-refractivity contribution in [1.29, 1.82) is 0 Å². The van der Waals surface area contributed by atoms with Crippen molar-refractivity contribution in [3.63, 3.8) is 0 Å². The fraction of sp³-hybridized carbons (Fsp3) is 0.226. The lowest BCUT2D eigenvalue weighted by atomic mass is 10.4. The summed E-state index contributed by atoms with van der Waals surface area (Å²) in [6.07, 6.45) is 0.118. The minimum Gasteiger partial charge on any atom is -0.207 e. The summed E-state index contributed by atoms with van der Waals surface area (Å²) in [6.45, 7) is -1.14. The zero-order valence-corrected chi connectivity index (χ0v) is 25.6. The Labute approximate surface area is 254 Å². The van der Waals surface area contributed by atoms with Crippen molar-refractivity contribution in [2.24, 2.45) is 0 Å². The van der Waals surface area contributed by atoms with Crippen LogP contribution in [0.15, 0.2) is 106 Å². The van der Waals surface area contributed by atoms with Gasteiger partial charge in [-0.3, -0.25) is 0 Å². The highest BCUT2D eigenvalue weighted by atomic mass is 32.2. The van der Waals surface area contributed by atoms with Crippen LogP contribution in [0.25, 0.3) is 0 Å². The van der Waals surface area contributed by atoms with Crippen molar-refractivity contribution in [1.82, 2.24) is 12.9 Å². The average molecular weight is 636 g/mol. The molecule has 1 aliphatic rings. The number of rotatable bonds is 6. The molecule has 0 saturated heterocycles. The second-order valence-corrected chi connectivity index (χ2v) is 14.9. The first kappa shape index (κ1) is 32.0. The highest BCUT2D eigenvalue weighted by Crippen LogP contribution is 2.17. The zero-order valence-electron chi connectivity index (χ0n) is 23.1. The average Bonchev–Trinajstić information content (AvgIpc) is 3.02. The van der Waals surface area contributed by atoms with Gasteiger partial charge in [0, 0.05) is 13.0 Å². The van der Waals surface area contributed by atoms with E-state index in [0.29, 0.717) is 0 Å². The standard InChI is InChI=1S/C31H29N3O6S3/c35-41(36,29-17-5-1-6-18-29)32-23-11-4-12-24-33(42(37,38)30-19-7-2-8-20-30)26-14-16-28-34(27-15-13-25-32)43(39,40)31-21-9-3-10-22-31/h1-3,5-10,17-22H,11,23-28H2.